The second-order valence-electron chi connectivity index (χ2n) is 4.53. The van der Waals surface area contributed by atoms with E-state index in [1.807, 2.05) is 18.4 Å². The molecule has 0 bridgehead atoms. The molecule has 0 fully saturated rings. The van der Waals surface area contributed by atoms with E-state index < -0.39 is 6.10 Å². The molecule has 1 heterocycles. The largest absolute Gasteiger partial charge is 0.484 e. The van der Waals surface area contributed by atoms with E-state index in [-0.39, 0.29) is 19.1 Å². The fourth-order valence-electron chi connectivity index (χ4n) is 1.76. The van der Waals surface area contributed by atoms with E-state index in [9.17, 15) is 9.90 Å². The van der Waals surface area contributed by atoms with Crippen LogP contribution in [0.4, 0.5) is 0 Å². The summed E-state index contributed by atoms with van der Waals surface area (Å²) in [5.41, 5.74) is 1.03. The van der Waals surface area contributed by atoms with Gasteiger partial charge in [-0.3, -0.25) is 4.79 Å². The van der Waals surface area contributed by atoms with Crippen molar-refractivity contribution in [3.8, 4) is 5.75 Å². The number of ether oxygens (including phenoxy) is 1. The Morgan fingerprint density at radius 1 is 1.38 bits per heavy atom. The highest BCUT2D eigenvalue weighted by molar-refractivity contribution is 7.10. The number of rotatable bonds is 6. The van der Waals surface area contributed by atoms with E-state index in [0.717, 1.165) is 10.4 Å². The number of thiophene rings is 1. The van der Waals surface area contributed by atoms with Gasteiger partial charge in [0, 0.05) is 16.4 Å². The van der Waals surface area contributed by atoms with Crippen molar-refractivity contribution in [1.29, 1.82) is 0 Å². The molecule has 2 rings (SSSR count). The summed E-state index contributed by atoms with van der Waals surface area (Å²) in [5, 5.41) is 15.2. The summed E-state index contributed by atoms with van der Waals surface area (Å²) >= 11 is 7.23. The van der Waals surface area contributed by atoms with Crippen LogP contribution in [-0.4, -0.2) is 24.2 Å². The first kappa shape index (κ1) is 15.8. The Morgan fingerprint density at radius 2 is 2.10 bits per heavy atom. The number of hydrogen-bond acceptors (Lipinski definition) is 4. The molecule has 1 aromatic carbocycles. The van der Waals surface area contributed by atoms with Gasteiger partial charge in [-0.25, -0.2) is 0 Å². The van der Waals surface area contributed by atoms with Gasteiger partial charge in [-0.1, -0.05) is 11.6 Å². The maximum absolute atomic E-state index is 11.7. The fraction of sp³-hybridized carbons (Fsp3) is 0.267. The minimum absolute atomic E-state index is 0.0994. The highest BCUT2D eigenvalue weighted by atomic mass is 35.5. The van der Waals surface area contributed by atoms with Crippen LogP contribution in [0.2, 0.25) is 5.02 Å². The number of aliphatic hydroxyl groups is 1. The molecule has 0 radical (unpaired) electrons. The topological polar surface area (TPSA) is 58.6 Å². The highest BCUT2D eigenvalue weighted by Crippen LogP contribution is 2.23. The Balaban J connectivity index is 1.75. The number of hydrogen-bond donors (Lipinski definition) is 2. The van der Waals surface area contributed by atoms with Crippen LogP contribution in [0.15, 0.2) is 35.7 Å². The van der Waals surface area contributed by atoms with Gasteiger partial charge >= 0.3 is 0 Å². The predicted molar refractivity (Wildman–Crippen MR) is 84.0 cm³/mol. The van der Waals surface area contributed by atoms with Crippen molar-refractivity contribution in [3.63, 3.8) is 0 Å². The molecule has 1 amide bonds. The van der Waals surface area contributed by atoms with Gasteiger partial charge in [0.2, 0.25) is 0 Å². The average molecular weight is 326 g/mol. The van der Waals surface area contributed by atoms with Crippen molar-refractivity contribution in [3.05, 3.63) is 51.2 Å². The summed E-state index contributed by atoms with van der Waals surface area (Å²) < 4.78 is 5.32. The molecular formula is C15H16ClNO3S. The third kappa shape index (κ3) is 4.74. The van der Waals surface area contributed by atoms with Crippen molar-refractivity contribution in [1.82, 2.24) is 5.32 Å². The van der Waals surface area contributed by atoms with Crippen molar-refractivity contribution < 1.29 is 14.6 Å². The van der Waals surface area contributed by atoms with Gasteiger partial charge in [0.1, 0.15) is 11.9 Å². The van der Waals surface area contributed by atoms with E-state index in [0.29, 0.717) is 10.8 Å². The summed E-state index contributed by atoms with van der Waals surface area (Å²) in [6.45, 7) is 2.00. The lowest BCUT2D eigenvalue weighted by Crippen LogP contribution is -2.32. The normalized spacial score (nSPS) is 12.0. The summed E-state index contributed by atoms with van der Waals surface area (Å²) in [4.78, 5) is 12.5. The number of halogens is 1. The number of amides is 1. The van der Waals surface area contributed by atoms with Crippen LogP contribution in [-0.2, 0) is 4.79 Å². The molecule has 0 saturated carbocycles. The van der Waals surface area contributed by atoms with Crippen LogP contribution in [0.1, 0.15) is 16.5 Å². The Bertz CT molecular complexity index is 597. The van der Waals surface area contributed by atoms with E-state index >= 15 is 0 Å². The molecule has 0 saturated heterocycles. The monoisotopic (exact) mass is 325 g/mol. The molecule has 1 atom stereocenters. The van der Waals surface area contributed by atoms with Crippen molar-refractivity contribution in [2.75, 3.05) is 13.2 Å². The van der Waals surface area contributed by atoms with Gasteiger partial charge in [-0.05, 0) is 48.2 Å². The van der Waals surface area contributed by atoms with Gasteiger partial charge in [-0.2, -0.15) is 0 Å². The van der Waals surface area contributed by atoms with Gasteiger partial charge in [0.15, 0.2) is 6.61 Å². The van der Waals surface area contributed by atoms with E-state index in [2.05, 4.69) is 5.32 Å². The Morgan fingerprint density at radius 3 is 2.71 bits per heavy atom. The second kappa shape index (κ2) is 7.45. The summed E-state index contributed by atoms with van der Waals surface area (Å²) in [5.74, 6) is 0.294. The SMILES string of the molecule is Cc1ccsc1C(O)CNC(=O)COc1ccc(Cl)cc1. The third-order valence-corrected chi connectivity index (χ3v) is 4.25. The second-order valence-corrected chi connectivity index (χ2v) is 5.91. The van der Waals surface area contributed by atoms with E-state index in [1.54, 1.807) is 24.3 Å². The Kier molecular flexibility index (Phi) is 5.61. The molecule has 0 aliphatic heterocycles. The van der Waals surface area contributed by atoms with Crippen molar-refractivity contribution >= 4 is 28.8 Å². The zero-order valence-electron chi connectivity index (χ0n) is 11.5. The number of nitrogens with one attached hydrogen (secondary N) is 1. The zero-order valence-corrected chi connectivity index (χ0v) is 13.1. The number of carbonyl (C=O) groups is 1. The smallest absolute Gasteiger partial charge is 0.258 e. The third-order valence-electron chi connectivity index (χ3n) is 2.88. The zero-order chi connectivity index (χ0) is 15.2. The quantitative estimate of drug-likeness (QED) is 0.858. The molecule has 1 aromatic heterocycles. The fourth-order valence-corrected chi connectivity index (χ4v) is 2.80. The lowest BCUT2D eigenvalue weighted by Gasteiger charge is -2.12. The van der Waals surface area contributed by atoms with Crippen LogP contribution in [0.5, 0.6) is 5.75 Å². The minimum Gasteiger partial charge on any atom is -0.484 e. The molecule has 2 N–H and O–H groups in total. The van der Waals surface area contributed by atoms with E-state index in [4.69, 9.17) is 16.3 Å². The van der Waals surface area contributed by atoms with Gasteiger partial charge in [0.25, 0.3) is 5.91 Å². The van der Waals surface area contributed by atoms with Gasteiger partial charge < -0.3 is 15.2 Å². The molecule has 6 heteroatoms. The standard InChI is InChI=1S/C15H16ClNO3S/c1-10-6-7-21-15(10)13(18)8-17-14(19)9-20-12-4-2-11(16)3-5-12/h2-7,13,18H,8-9H2,1H3,(H,17,19). The minimum atomic E-state index is -0.690. The molecule has 0 aliphatic rings. The van der Waals surface area contributed by atoms with Crippen molar-refractivity contribution in [2.45, 2.75) is 13.0 Å². The number of benzene rings is 1. The molecule has 4 nitrogen and oxygen atoms in total. The Labute approximate surface area is 132 Å². The first-order chi connectivity index (χ1) is 10.1. The lowest BCUT2D eigenvalue weighted by atomic mass is 10.2. The molecule has 2 aromatic rings. The average Bonchev–Trinajstić information content (AvgIpc) is 2.90. The van der Waals surface area contributed by atoms with Crippen LogP contribution in [0.25, 0.3) is 0 Å². The number of aliphatic hydroxyl groups excluding tert-OH is 1. The lowest BCUT2D eigenvalue weighted by molar-refractivity contribution is -0.123. The van der Waals surface area contributed by atoms with Crippen LogP contribution >= 0.6 is 22.9 Å². The number of aryl methyl sites for hydroxylation is 1. The molecule has 21 heavy (non-hydrogen) atoms. The molecule has 0 aliphatic carbocycles. The molecule has 0 spiro atoms. The van der Waals surface area contributed by atoms with Crippen LogP contribution in [0, 0.1) is 6.92 Å². The highest BCUT2D eigenvalue weighted by Gasteiger charge is 2.13. The van der Waals surface area contributed by atoms with Crippen LogP contribution < -0.4 is 10.1 Å². The maximum Gasteiger partial charge on any atom is 0.258 e. The maximum atomic E-state index is 11.7. The molecule has 1 unspecified atom stereocenters. The number of carbonyl (C=O) groups excluding carboxylic acids is 1. The first-order valence-electron chi connectivity index (χ1n) is 6.43. The summed E-state index contributed by atoms with van der Waals surface area (Å²) in [6, 6.07) is 8.71. The molecule has 112 valence electrons. The summed E-state index contributed by atoms with van der Waals surface area (Å²) in [6.07, 6.45) is -0.690. The Hall–Kier alpha value is -1.56. The predicted octanol–water partition coefficient (Wildman–Crippen LogP) is 2.94. The summed E-state index contributed by atoms with van der Waals surface area (Å²) in [7, 11) is 0. The first-order valence-corrected chi connectivity index (χ1v) is 7.69. The van der Waals surface area contributed by atoms with Gasteiger partial charge in [-0.15, -0.1) is 11.3 Å². The van der Waals surface area contributed by atoms with Crippen LogP contribution in [0.3, 0.4) is 0 Å². The van der Waals surface area contributed by atoms with E-state index in [1.165, 1.54) is 11.3 Å². The van der Waals surface area contributed by atoms with Crippen molar-refractivity contribution in [2.24, 2.45) is 0 Å². The van der Waals surface area contributed by atoms with Gasteiger partial charge in [0.05, 0.1) is 0 Å². The molecular weight excluding hydrogens is 310 g/mol.